The molecular formula is C20H24O6S. The molecule has 0 spiro atoms. The van der Waals surface area contributed by atoms with Gasteiger partial charge >= 0.3 is 0 Å². The molecule has 0 aliphatic rings. The minimum Gasteiger partial charge on any atom is -0.507 e. The third-order valence-electron chi connectivity index (χ3n) is 4.13. The summed E-state index contributed by atoms with van der Waals surface area (Å²) in [6.45, 7) is 2.35. The SMILES string of the molecule is CCCCCCCOc1cc(O)c(C(=O)c2ccccc2)cc1S(=O)(=O)O. The molecule has 0 bridgehead atoms. The Kier molecular flexibility index (Phi) is 7.38. The van der Waals surface area contributed by atoms with Crippen LogP contribution in [0.3, 0.4) is 0 Å². The predicted molar refractivity (Wildman–Crippen MR) is 102 cm³/mol. The summed E-state index contributed by atoms with van der Waals surface area (Å²) in [5.41, 5.74) is 0.0720. The van der Waals surface area contributed by atoms with Crippen molar-refractivity contribution >= 4 is 15.9 Å². The Morgan fingerprint density at radius 1 is 1.04 bits per heavy atom. The molecule has 0 aliphatic carbocycles. The molecule has 27 heavy (non-hydrogen) atoms. The smallest absolute Gasteiger partial charge is 0.298 e. The van der Waals surface area contributed by atoms with Crippen LogP contribution in [0.4, 0.5) is 0 Å². The average molecular weight is 392 g/mol. The Hall–Kier alpha value is -2.38. The van der Waals surface area contributed by atoms with E-state index in [-0.39, 0.29) is 17.9 Å². The number of carbonyl (C=O) groups excluding carboxylic acids is 1. The topological polar surface area (TPSA) is 101 Å². The number of carbonyl (C=O) groups is 1. The van der Waals surface area contributed by atoms with Crippen LogP contribution in [0.2, 0.25) is 0 Å². The second-order valence-corrected chi connectivity index (χ2v) is 7.64. The Morgan fingerprint density at radius 3 is 2.33 bits per heavy atom. The average Bonchev–Trinajstić information content (AvgIpc) is 2.64. The molecule has 0 aromatic heterocycles. The van der Waals surface area contributed by atoms with Gasteiger partial charge in [-0.2, -0.15) is 8.42 Å². The number of hydrogen-bond acceptors (Lipinski definition) is 5. The number of aromatic hydroxyl groups is 1. The van der Waals surface area contributed by atoms with Gasteiger partial charge < -0.3 is 9.84 Å². The molecule has 2 rings (SSSR count). The Bertz CT molecular complexity index is 875. The Morgan fingerprint density at radius 2 is 1.70 bits per heavy atom. The minimum absolute atomic E-state index is 0.171. The molecular weight excluding hydrogens is 368 g/mol. The molecule has 0 fully saturated rings. The van der Waals surface area contributed by atoms with Crippen molar-refractivity contribution in [1.82, 2.24) is 0 Å². The van der Waals surface area contributed by atoms with Gasteiger partial charge in [0.2, 0.25) is 0 Å². The van der Waals surface area contributed by atoms with Crippen LogP contribution >= 0.6 is 0 Å². The lowest BCUT2D eigenvalue weighted by Crippen LogP contribution is -2.09. The van der Waals surface area contributed by atoms with E-state index in [2.05, 4.69) is 6.92 Å². The first-order chi connectivity index (χ1) is 12.8. The lowest BCUT2D eigenvalue weighted by molar-refractivity contribution is 0.103. The number of benzene rings is 2. The summed E-state index contributed by atoms with van der Waals surface area (Å²) < 4.78 is 38.4. The lowest BCUT2D eigenvalue weighted by atomic mass is 10.0. The molecule has 0 saturated heterocycles. The largest absolute Gasteiger partial charge is 0.507 e. The van der Waals surface area contributed by atoms with Crippen LogP contribution in [0.1, 0.15) is 54.9 Å². The number of ether oxygens (including phenoxy) is 1. The first-order valence-corrected chi connectivity index (χ1v) is 10.4. The monoisotopic (exact) mass is 392 g/mol. The fourth-order valence-corrected chi connectivity index (χ4v) is 3.32. The van der Waals surface area contributed by atoms with Gasteiger partial charge in [-0.25, -0.2) is 0 Å². The van der Waals surface area contributed by atoms with Crippen LogP contribution in [0.15, 0.2) is 47.4 Å². The maximum Gasteiger partial charge on any atom is 0.298 e. The molecule has 0 atom stereocenters. The molecule has 0 radical (unpaired) electrons. The van der Waals surface area contributed by atoms with E-state index in [1.54, 1.807) is 30.3 Å². The zero-order valence-electron chi connectivity index (χ0n) is 15.2. The maximum atomic E-state index is 12.5. The second-order valence-electron chi connectivity index (χ2n) is 6.25. The van der Waals surface area contributed by atoms with Gasteiger partial charge in [-0.05, 0) is 12.5 Å². The predicted octanol–water partition coefficient (Wildman–Crippen LogP) is 4.22. The van der Waals surface area contributed by atoms with E-state index in [0.717, 1.165) is 44.2 Å². The molecule has 2 N–H and O–H groups in total. The summed E-state index contributed by atoms with van der Waals surface area (Å²) in [6, 6.07) is 10.2. The molecule has 0 aliphatic heterocycles. The zero-order valence-corrected chi connectivity index (χ0v) is 16.0. The standard InChI is InChI=1S/C20H24O6S/c1-2-3-4-5-9-12-26-18-14-17(21)16(13-19(18)27(23,24)25)20(22)15-10-7-6-8-11-15/h6-8,10-11,13-14,21H,2-5,9,12H2,1H3,(H,23,24,25). The fourth-order valence-electron chi connectivity index (χ4n) is 2.68. The molecule has 2 aromatic carbocycles. The quantitative estimate of drug-likeness (QED) is 0.357. The van der Waals surface area contributed by atoms with E-state index < -0.39 is 26.5 Å². The number of rotatable bonds is 10. The van der Waals surface area contributed by atoms with E-state index in [9.17, 15) is 22.9 Å². The van der Waals surface area contributed by atoms with Gasteiger partial charge in [0.1, 0.15) is 16.4 Å². The van der Waals surface area contributed by atoms with E-state index >= 15 is 0 Å². The third-order valence-corrected chi connectivity index (χ3v) is 5.00. The van der Waals surface area contributed by atoms with E-state index in [4.69, 9.17) is 4.74 Å². The van der Waals surface area contributed by atoms with Crippen LogP contribution in [0, 0.1) is 0 Å². The van der Waals surface area contributed by atoms with Gasteiger partial charge in [0.05, 0.1) is 12.2 Å². The molecule has 2 aromatic rings. The molecule has 0 amide bonds. The highest BCUT2D eigenvalue weighted by atomic mass is 32.2. The van der Waals surface area contributed by atoms with Crippen LogP contribution in [0.5, 0.6) is 11.5 Å². The summed E-state index contributed by atoms with van der Waals surface area (Å²) in [4.78, 5) is 12.0. The van der Waals surface area contributed by atoms with E-state index in [0.29, 0.717) is 5.56 Å². The summed E-state index contributed by atoms with van der Waals surface area (Å²) in [6.07, 6.45) is 4.94. The first-order valence-electron chi connectivity index (χ1n) is 8.91. The van der Waals surface area contributed by atoms with Crippen molar-refractivity contribution < 1.29 is 27.6 Å². The van der Waals surface area contributed by atoms with Crippen molar-refractivity contribution in [3.63, 3.8) is 0 Å². The number of phenolic OH excluding ortho intramolecular Hbond substituents is 1. The van der Waals surface area contributed by atoms with Crippen LogP contribution < -0.4 is 4.74 Å². The molecule has 7 heteroatoms. The van der Waals surface area contributed by atoms with Gasteiger partial charge in [-0.1, -0.05) is 62.9 Å². The zero-order chi connectivity index (χ0) is 19.9. The molecule has 146 valence electrons. The van der Waals surface area contributed by atoms with Crippen LogP contribution in [-0.4, -0.2) is 30.5 Å². The number of unbranched alkanes of at least 4 members (excludes halogenated alkanes) is 4. The molecule has 0 saturated carbocycles. The van der Waals surface area contributed by atoms with E-state index in [1.807, 2.05) is 0 Å². The van der Waals surface area contributed by atoms with Gasteiger partial charge in [0, 0.05) is 11.6 Å². The van der Waals surface area contributed by atoms with E-state index in [1.165, 1.54) is 0 Å². The first kappa shape index (κ1) is 20.9. The molecule has 6 nitrogen and oxygen atoms in total. The minimum atomic E-state index is -4.63. The van der Waals surface area contributed by atoms with Crippen LogP contribution in [0.25, 0.3) is 0 Å². The number of phenols is 1. The van der Waals surface area contributed by atoms with Gasteiger partial charge in [0.15, 0.2) is 5.78 Å². The summed E-state index contributed by atoms with van der Waals surface area (Å²) in [7, 11) is -4.63. The lowest BCUT2D eigenvalue weighted by Gasteiger charge is -2.13. The van der Waals surface area contributed by atoms with Gasteiger partial charge in [-0.3, -0.25) is 9.35 Å². The van der Waals surface area contributed by atoms with Crippen LogP contribution in [-0.2, 0) is 10.1 Å². The Labute approximate surface area is 159 Å². The number of ketones is 1. The van der Waals surface area contributed by atoms with Crippen molar-refractivity contribution in [2.75, 3.05) is 6.61 Å². The highest BCUT2D eigenvalue weighted by Gasteiger charge is 2.23. The summed E-state index contributed by atoms with van der Waals surface area (Å²) >= 11 is 0. The highest BCUT2D eigenvalue weighted by molar-refractivity contribution is 7.86. The van der Waals surface area contributed by atoms with Crippen molar-refractivity contribution in [1.29, 1.82) is 0 Å². The highest BCUT2D eigenvalue weighted by Crippen LogP contribution is 2.33. The second kappa shape index (κ2) is 9.53. The van der Waals surface area contributed by atoms with Crippen molar-refractivity contribution in [2.45, 2.75) is 43.9 Å². The van der Waals surface area contributed by atoms with Gasteiger partial charge in [-0.15, -0.1) is 0 Å². The van der Waals surface area contributed by atoms with Gasteiger partial charge in [0.25, 0.3) is 10.1 Å². The van der Waals surface area contributed by atoms with Crippen molar-refractivity contribution in [3.05, 3.63) is 53.6 Å². The van der Waals surface area contributed by atoms with Crippen molar-refractivity contribution in [3.8, 4) is 11.5 Å². The normalized spacial score (nSPS) is 11.3. The summed E-state index contributed by atoms with van der Waals surface area (Å²) in [5, 5.41) is 10.2. The Balaban J connectivity index is 2.26. The van der Waals surface area contributed by atoms with Crippen molar-refractivity contribution in [2.24, 2.45) is 0 Å². The fraction of sp³-hybridized carbons (Fsp3) is 0.350. The third kappa shape index (κ3) is 5.80. The maximum absolute atomic E-state index is 12.5. The summed E-state index contributed by atoms with van der Waals surface area (Å²) in [5.74, 6) is -1.13. The number of hydrogen-bond donors (Lipinski definition) is 2. The molecule has 0 unspecified atom stereocenters. The molecule has 0 heterocycles.